The molecule has 7 heteroatoms. The number of carbonyl (C=O) groups excluding carboxylic acids is 1. The first kappa shape index (κ1) is 21.2. The van der Waals surface area contributed by atoms with Gasteiger partial charge in [-0.25, -0.2) is 4.68 Å². The lowest BCUT2D eigenvalue weighted by atomic mass is 9.90. The largest absolute Gasteiger partial charge is 0.497 e. The molecular formula is C26H23N3O3S. The summed E-state index contributed by atoms with van der Waals surface area (Å²) in [5.74, 6) is 1.42. The van der Waals surface area contributed by atoms with Crippen LogP contribution in [0, 0.1) is 0 Å². The molecule has 0 bridgehead atoms. The van der Waals surface area contributed by atoms with E-state index in [1.54, 1.807) is 11.8 Å². The second-order valence-corrected chi connectivity index (χ2v) is 9.31. The van der Waals surface area contributed by atoms with Crippen molar-refractivity contribution in [3.63, 3.8) is 0 Å². The van der Waals surface area contributed by atoms with Gasteiger partial charge < -0.3 is 10.1 Å². The molecule has 1 atom stereocenters. The third kappa shape index (κ3) is 4.19. The van der Waals surface area contributed by atoms with Crippen molar-refractivity contribution in [1.82, 2.24) is 9.78 Å². The van der Waals surface area contributed by atoms with Crippen LogP contribution in [0.4, 0.5) is 5.82 Å². The van der Waals surface area contributed by atoms with Crippen LogP contribution in [0.2, 0.25) is 0 Å². The van der Waals surface area contributed by atoms with Crippen molar-refractivity contribution < 1.29 is 13.7 Å². The highest BCUT2D eigenvalue weighted by atomic mass is 32.2. The van der Waals surface area contributed by atoms with Gasteiger partial charge in [0.2, 0.25) is 5.91 Å². The zero-order valence-corrected chi connectivity index (χ0v) is 18.9. The lowest BCUT2D eigenvalue weighted by Crippen LogP contribution is -2.24. The Morgan fingerprint density at radius 3 is 2.12 bits per heavy atom. The number of hydrogen-bond acceptors (Lipinski definition) is 4. The molecule has 2 heterocycles. The number of carbonyl (C=O) groups is 1. The van der Waals surface area contributed by atoms with Crippen molar-refractivity contribution in [2.24, 2.45) is 0 Å². The molecule has 1 aromatic heterocycles. The second kappa shape index (κ2) is 9.03. The average molecular weight is 458 g/mol. The Morgan fingerprint density at radius 2 is 1.55 bits per heavy atom. The molecule has 6 nitrogen and oxygen atoms in total. The first-order chi connectivity index (χ1) is 16.1. The zero-order chi connectivity index (χ0) is 22.8. The third-order valence-corrected chi connectivity index (χ3v) is 6.96. The Hall–Kier alpha value is -3.71. The number of nitrogens with zero attached hydrogens (tertiary/aromatic N) is 2. The molecule has 0 aliphatic carbocycles. The van der Waals surface area contributed by atoms with E-state index in [0.717, 1.165) is 33.8 Å². The molecule has 33 heavy (non-hydrogen) atoms. The number of amides is 1. The van der Waals surface area contributed by atoms with Crippen molar-refractivity contribution >= 4 is 22.5 Å². The Labute approximate surface area is 194 Å². The molecule has 1 unspecified atom stereocenters. The van der Waals surface area contributed by atoms with Gasteiger partial charge >= 0.3 is 0 Å². The molecule has 3 aromatic carbocycles. The molecule has 1 N–H and O–H groups in total. The number of anilines is 1. The van der Waals surface area contributed by atoms with Gasteiger partial charge in [0.15, 0.2) is 0 Å². The van der Waals surface area contributed by atoms with E-state index in [4.69, 9.17) is 9.84 Å². The van der Waals surface area contributed by atoms with Gasteiger partial charge in [-0.2, -0.15) is 5.10 Å². The van der Waals surface area contributed by atoms with Crippen molar-refractivity contribution in [3.8, 4) is 11.4 Å². The molecule has 0 saturated heterocycles. The summed E-state index contributed by atoms with van der Waals surface area (Å²) in [5, 5.41) is 7.82. The fourth-order valence-corrected chi connectivity index (χ4v) is 5.41. The van der Waals surface area contributed by atoms with Gasteiger partial charge in [0, 0.05) is 16.4 Å². The molecule has 166 valence electrons. The Kier molecular flexibility index (Phi) is 5.79. The highest BCUT2D eigenvalue weighted by Gasteiger charge is 2.30. The van der Waals surface area contributed by atoms with Crippen LogP contribution < -0.4 is 10.1 Å². The first-order valence-electron chi connectivity index (χ1n) is 10.6. The maximum Gasteiger partial charge on any atom is 0.237 e. The standard InChI is InChI=1S/C26H23N3O3S/c1-32-21-14-12-20(13-15-21)29-25(22-16-33(31)17-23(22)28-29)27-26(30)24(18-8-4-2-5-9-18)19-10-6-3-7-11-19/h2-15,24H,16-17H2,1H3,(H,27,30). The van der Waals surface area contributed by atoms with E-state index in [1.807, 2.05) is 84.9 Å². The number of ether oxygens (including phenoxy) is 1. The maximum absolute atomic E-state index is 13.7. The van der Waals surface area contributed by atoms with Crippen LogP contribution in [-0.2, 0) is 27.1 Å². The van der Waals surface area contributed by atoms with E-state index < -0.39 is 16.7 Å². The van der Waals surface area contributed by atoms with Crippen molar-refractivity contribution in [2.75, 3.05) is 12.4 Å². The maximum atomic E-state index is 13.7. The van der Waals surface area contributed by atoms with Crippen molar-refractivity contribution in [3.05, 3.63) is 107 Å². The summed E-state index contributed by atoms with van der Waals surface area (Å²) >= 11 is 0. The van der Waals surface area contributed by atoms with E-state index in [-0.39, 0.29) is 5.91 Å². The van der Waals surface area contributed by atoms with E-state index in [1.165, 1.54) is 0 Å². The predicted octanol–water partition coefficient (Wildman–Crippen LogP) is 4.41. The number of fused-ring (bicyclic) bond motifs is 1. The van der Waals surface area contributed by atoms with Gasteiger partial charge in [-0.1, -0.05) is 60.7 Å². The molecule has 1 aliphatic heterocycles. The van der Waals surface area contributed by atoms with Crippen LogP contribution in [0.5, 0.6) is 5.75 Å². The summed E-state index contributed by atoms with van der Waals surface area (Å²) in [6.07, 6.45) is 0. The summed E-state index contributed by atoms with van der Waals surface area (Å²) in [6.45, 7) is 0. The lowest BCUT2D eigenvalue weighted by molar-refractivity contribution is -0.116. The zero-order valence-electron chi connectivity index (χ0n) is 18.1. The van der Waals surface area contributed by atoms with Crippen LogP contribution >= 0.6 is 0 Å². The monoisotopic (exact) mass is 457 g/mol. The summed E-state index contributed by atoms with van der Waals surface area (Å²) in [5.41, 5.74) is 4.18. The molecule has 1 amide bonds. The van der Waals surface area contributed by atoms with Crippen LogP contribution in [-0.4, -0.2) is 27.0 Å². The van der Waals surface area contributed by atoms with Crippen LogP contribution in [0.1, 0.15) is 28.3 Å². The normalized spacial score (nSPS) is 14.8. The van der Waals surface area contributed by atoms with Gasteiger partial charge in [0.1, 0.15) is 11.6 Å². The number of methoxy groups -OCH3 is 1. The fourth-order valence-electron chi connectivity index (χ4n) is 4.14. The molecule has 4 aromatic rings. The smallest absolute Gasteiger partial charge is 0.237 e. The Morgan fingerprint density at radius 1 is 0.939 bits per heavy atom. The quantitative estimate of drug-likeness (QED) is 0.465. The van der Waals surface area contributed by atoms with Gasteiger partial charge in [0.25, 0.3) is 0 Å². The lowest BCUT2D eigenvalue weighted by Gasteiger charge is -2.19. The summed E-state index contributed by atoms with van der Waals surface area (Å²) in [6, 6.07) is 26.9. The number of benzene rings is 3. The Balaban J connectivity index is 1.56. The molecule has 0 spiro atoms. The third-order valence-electron chi connectivity index (χ3n) is 5.76. The fraction of sp³-hybridized carbons (Fsp3) is 0.154. The summed E-state index contributed by atoms with van der Waals surface area (Å²) < 4.78 is 19.2. The molecule has 1 aliphatic rings. The molecule has 0 fully saturated rings. The summed E-state index contributed by atoms with van der Waals surface area (Å²) in [4.78, 5) is 13.7. The van der Waals surface area contributed by atoms with Crippen LogP contribution in [0.25, 0.3) is 5.69 Å². The van der Waals surface area contributed by atoms with Gasteiger partial charge in [-0.3, -0.25) is 9.00 Å². The Bertz CT molecular complexity index is 1260. The first-order valence-corrected chi connectivity index (χ1v) is 12.1. The predicted molar refractivity (Wildman–Crippen MR) is 129 cm³/mol. The van der Waals surface area contributed by atoms with Gasteiger partial charge in [0.05, 0.1) is 35.9 Å². The topological polar surface area (TPSA) is 73.2 Å². The van der Waals surface area contributed by atoms with Crippen LogP contribution in [0.3, 0.4) is 0 Å². The minimum Gasteiger partial charge on any atom is -0.497 e. The van der Waals surface area contributed by atoms with E-state index in [2.05, 4.69) is 5.32 Å². The number of nitrogens with one attached hydrogen (secondary N) is 1. The van der Waals surface area contributed by atoms with Crippen molar-refractivity contribution in [2.45, 2.75) is 17.4 Å². The van der Waals surface area contributed by atoms with E-state index >= 15 is 0 Å². The molecule has 0 radical (unpaired) electrons. The molecule has 5 rings (SSSR count). The van der Waals surface area contributed by atoms with Gasteiger partial charge in [-0.05, 0) is 35.4 Å². The second-order valence-electron chi connectivity index (χ2n) is 7.86. The van der Waals surface area contributed by atoms with Crippen LogP contribution in [0.15, 0.2) is 84.9 Å². The molecule has 0 saturated carbocycles. The average Bonchev–Trinajstić information content (AvgIpc) is 3.37. The van der Waals surface area contributed by atoms with E-state index in [9.17, 15) is 9.00 Å². The minimum absolute atomic E-state index is 0.164. The number of rotatable bonds is 6. The summed E-state index contributed by atoms with van der Waals surface area (Å²) in [7, 11) is 0.604. The number of hydrogen-bond donors (Lipinski definition) is 1. The van der Waals surface area contributed by atoms with Crippen molar-refractivity contribution in [1.29, 1.82) is 0 Å². The highest BCUT2D eigenvalue weighted by molar-refractivity contribution is 7.83. The number of aromatic nitrogens is 2. The van der Waals surface area contributed by atoms with E-state index in [0.29, 0.717) is 17.3 Å². The SMILES string of the molecule is COc1ccc(-n2nc3c(c2NC(=O)C(c2ccccc2)c2ccccc2)CS(=O)C3)cc1. The highest BCUT2D eigenvalue weighted by Crippen LogP contribution is 2.33. The minimum atomic E-state index is -1.01. The molecular weight excluding hydrogens is 434 g/mol. The van der Waals surface area contributed by atoms with Gasteiger partial charge in [-0.15, -0.1) is 0 Å².